The molecule has 110 valence electrons. The molecule has 0 radical (unpaired) electrons. The number of aliphatic imine (C=N–C) groups is 1. The third-order valence-electron chi connectivity index (χ3n) is 4.51. The van der Waals surface area contributed by atoms with Gasteiger partial charge in [-0.05, 0) is 31.8 Å². The fourth-order valence-electron chi connectivity index (χ4n) is 3.33. The smallest absolute Gasteiger partial charge is 0.157 e. The van der Waals surface area contributed by atoms with E-state index in [0.29, 0.717) is 5.54 Å². The molecular formula is C15H29N3S. The summed E-state index contributed by atoms with van der Waals surface area (Å²) in [6.07, 6.45) is 5.44. The van der Waals surface area contributed by atoms with Gasteiger partial charge >= 0.3 is 0 Å². The molecule has 0 bridgehead atoms. The fourth-order valence-corrected chi connectivity index (χ4v) is 4.55. The molecule has 0 amide bonds. The maximum absolute atomic E-state index is 4.76. The lowest BCUT2D eigenvalue weighted by atomic mass is 9.78. The minimum absolute atomic E-state index is 0.371. The van der Waals surface area contributed by atoms with Crippen molar-refractivity contribution in [2.45, 2.75) is 52.0 Å². The molecule has 2 rings (SSSR count). The van der Waals surface area contributed by atoms with Gasteiger partial charge in [0.05, 0.1) is 6.54 Å². The van der Waals surface area contributed by atoms with Gasteiger partial charge in [-0.15, -0.1) is 0 Å². The molecule has 1 aliphatic carbocycles. The van der Waals surface area contributed by atoms with Crippen molar-refractivity contribution in [3.05, 3.63) is 0 Å². The summed E-state index contributed by atoms with van der Waals surface area (Å²) in [7, 11) is 0. The van der Waals surface area contributed by atoms with E-state index in [9.17, 15) is 0 Å². The topological polar surface area (TPSA) is 27.6 Å². The minimum Gasteiger partial charge on any atom is -0.359 e. The molecule has 3 nitrogen and oxygen atoms in total. The second-order valence-electron chi connectivity index (χ2n) is 6.11. The first kappa shape index (κ1) is 15.2. The molecule has 19 heavy (non-hydrogen) atoms. The lowest BCUT2D eigenvalue weighted by Crippen LogP contribution is -2.47. The van der Waals surface area contributed by atoms with Crippen LogP contribution < -0.4 is 5.32 Å². The van der Waals surface area contributed by atoms with Crippen molar-refractivity contribution in [3.63, 3.8) is 0 Å². The predicted molar refractivity (Wildman–Crippen MR) is 86.0 cm³/mol. The first-order valence-corrected chi connectivity index (χ1v) is 8.84. The maximum atomic E-state index is 4.76. The minimum atomic E-state index is 0.371. The second-order valence-corrected chi connectivity index (χ2v) is 7.07. The molecular weight excluding hydrogens is 254 g/mol. The Balaban J connectivity index is 1.80. The van der Waals surface area contributed by atoms with Crippen LogP contribution in [0.15, 0.2) is 4.99 Å². The third-order valence-corrected chi connectivity index (χ3v) is 5.72. The molecule has 1 heterocycles. The fraction of sp³-hybridized carbons (Fsp3) is 0.933. The standard InChI is InChI=1S/C15H29N3S/c1-4-18(5-2)10-9-16-14-17-15(12-19-14)8-6-7-13(3)11-15/h13H,4-12H2,1-3H3,(H,16,17). The van der Waals surface area contributed by atoms with Gasteiger partial charge in [0.1, 0.15) is 0 Å². The van der Waals surface area contributed by atoms with Gasteiger partial charge in [0, 0.05) is 17.8 Å². The average molecular weight is 283 g/mol. The molecule has 1 N–H and O–H groups in total. The van der Waals surface area contributed by atoms with E-state index in [1.165, 1.54) is 36.6 Å². The summed E-state index contributed by atoms with van der Waals surface area (Å²) in [6, 6.07) is 0. The molecule has 0 aromatic carbocycles. The number of hydrogen-bond acceptors (Lipinski definition) is 3. The van der Waals surface area contributed by atoms with E-state index in [4.69, 9.17) is 4.99 Å². The van der Waals surface area contributed by atoms with Crippen LogP contribution in [0.4, 0.5) is 0 Å². The van der Waals surface area contributed by atoms with Crippen LogP contribution in [0.1, 0.15) is 46.5 Å². The zero-order chi connectivity index (χ0) is 13.7. The Morgan fingerprint density at radius 1 is 1.42 bits per heavy atom. The molecule has 1 aliphatic heterocycles. The van der Waals surface area contributed by atoms with Crippen LogP contribution in [-0.2, 0) is 0 Å². The van der Waals surface area contributed by atoms with Gasteiger partial charge in [0.25, 0.3) is 0 Å². The summed E-state index contributed by atoms with van der Waals surface area (Å²) < 4.78 is 0. The SMILES string of the molecule is CCN(CC)CCN=C1NC2(CCCC(C)C2)CS1. The summed E-state index contributed by atoms with van der Waals surface area (Å²) in [5, 5.41) is 4.94. The van der Waals surface area contributed by atoms with Crippen molar-refractivity contribution >= 4 is 16.9 Å². The number of rotatable bonds is 5. The van der Waals surface area contributed by atoms with Gasteiger partial charge in [-0.2, -0.15) is 0 Å². The highest BCUT2D eigenvalue weighted by molar-refractivity contribution is 8.14. The third kappa shape index (κ3) is 4.12. The van der Waals surface area contributed by atoms with E-state index in [2.05, 4.69) is 31.0 Å². The molecule has 0 aromatic heterocycles. The van der Waals surface area contributed by atoms with Crippen LogP contribution >= 0.6 is 11.8 Å². The first-order chi connectivity index (χ1) is 9.17. The van der Waals surface area contributed by atoms with E-state index in [1.807, 2.05) is 11.8 Å². The van der Waals surface area contributed by atoms with Crippen LogP contribution in [0.5, 0.6) is 0 Å². The zero-order valence-electron chi connectivity index (χ0n) is 12.7. The van der Waals surface area contributed by atoms with Gasteiger partial charge in [-0.3, -0.25) is 4.99 Å². The van der Waals surface area contributed by atoms with Gasteiger partial charge in [-0.25, -0.2) is 0 Å². The predicted octanol–water partition coefficient (Wildman–Crippen LogP) is 2.97. The molecule has 0 aromatic rings. The Labute approximate surface area is 122 Å². The van der Waals surface area contributed by atoms with E-state index >= 15 is 0 Å². The Hall–Kier alpha value is -0.220. The Kier molecular flexibility index (Phi) is 5.58. The second kappa shape index (κ2) is 6.98. The van der Waals surface area contributed by atoms with Crippen molar-refractivity contribution in [1.29, 1.82) is 0 Å². The first-order valence-electron chi connectivity index (χ1n) is 7.85. The number of nitrogens with one attached hydrogen (secondary N) is 1. The highest BCUT2D eigenvalue weighted by Crippen LogP contribution is 2.38. The normalized spacial score (nSPS) is 33.3. The molecule has 2 unspecified atom stereocenters. The van der Waals surface area contributed by atoms with Gasteiger partial charge in [-0.1, -0.05) is 45.4 Å². The summed E-state index contributed by atoms with van der Waals surface area (Å²) in [5.74, 6) is 2.10. The number of likely N-dealkylation sites (N-methyl/N-ethyl adjacent to an activating group) is 1. The molecule has 4 heteroatoms. The highest BCUT2D eigenvalue weighted by Gasteiger charge is 2.40. The Bertz CT molecular complexity index is 315. The molecule has 2 atom stereocenters. The maximum Gasteiger partial charge on any atom is 0.157 e. The summed E-state index contributed by atoms with van der Waals surface area (Å²) in [6.45, 7) is 11.1. The van der Waals surface area contributed by atoms with Crippen molar-refractivity contribution in [2.24, 2.45) is 10.9 Å². The molecule has 2 aliphatic rings. The summed E-state index contributed by atoms with van der Waals surface area (Å²) >= 11 is 1.94. The lowest BCUT2D eigenvalue weighted by molar-refractivity contribution is 0.242. The van der Waals surface area contributed by atoms with Crippen LogP contribution in [0.2, 0.25) is 0 Å². The largest absolute Gasteiger partial charge is 0.359 e. The van der Waals surface area contributed by atoms with Gasteiger partial charge in [0.2, 0.25) is 0 Å². The van der Waals surface area contributed by atoms with E-state index in [0.717, 1.165) is 32.1 Å². The number of hydrogen-bond donors (Lipinski definition) is 1. The monoisotopic (exact) mass is 283 g/mol. The van der Waals surface area contributed by atoms with Crippen molar-refractivity contribution in [2.75, 3.05) is 31.9 Å². The van der Waals surface area contributed by atoms with Crippen LogP contribution in [0, 0.1) is 5.92 Å². The van der Waals surface area contributed by atoms with E-state index < -0.39 is 0 Å². The van der Waals surface area contributed by atoms with Crippen LogP contribution in [-0.4, -0.2) is 47.5 Å². The zero-order valence-corrected chi connectivity index (χ0v) is 13.6. The summed E-state index contributed by atoms with van der Waals surface area (Å²) in [5.41, 5.74) is 0.371. The van der Waals surface area contributed by atoms with Gasteiger partial charge < -0.3 is 10.2 Å². The van der Waals surface area contributed by atoms with Crippen molar-refractivity contribution < 1.29 is 0 Å². The average Bonchev–Trinajstić information content (AvgIpc) is 2.77. The highest BCUT2D eigenvalue weighted by atomic mass is 32.2. The molecule has 1 saturated carbocycles. The lowest BCUT2D eigenvalue weighted by Gasteiger charge is -2.36. The van der Waals surface area contributed by atoms with E-state index in [1.54, 1.807) is 0 Å². The quantitative estimate of drug-likeness (QED) is 0.840. The molecule has 2 fully saturated rings. The van der Waals surface area contributed by atoms with Crippen molar-refractivity contribution in [1.82, 2.24) is 10.2 Å². The molecule has 1 saturated heterocycles. The number of amidine groups is 1. The Morgan fingerprint density at radius 2 is 2.21 bits per heavy atom. The summed E-state index contributed by atoms with van der Waals surface area (Å²) in [4.78, 5) is 7.19. The van der Waals surface area contributed by atoms with E-state index in [-0.39, 0.29) is 0 Å². The van der Waals surface area contributed by atoms with Crippen molar-refractivity contribution in [3.8, 4) is 0 Å². The van der Waals surface area contributed by atoms with Gasteiger partial charge in [0.15, 0.2) is 5.17 Å². The Morgan fingerprint density at radius 3 is 2.89 bits per heavy atom. The number of nitrogens with zero attached hydrogens (tertiary/aromatic N) is 2. The molecule has 1 spiro atoms. The number of thioether (sulfide) groups is 1. The van der Waals surface area contributed by atoms with Crippen LogP contribution in [0.25, 0.3) is 0 Å². The van der Waals surface area contributed by atoms with Crippen LogP contribution in [0.3, 0.4) is 0 Å².